The van der Waals surface area contributed by atoms with Gasteiger partial charge in [0.2, 0.25) is 0 Å². The van der Waals surface area contributed by atoms with Gasteiger partial charge in [0, 0.05) is 23.1 Å². The second-order valence-corrected chi connectivity index (χ2v) is 11.8. The zero-order chi connectivity index (χ0) is 27.5. The quantitative estimate of drug-likeness (QED) is 0.0741. The summed E-state index contributed by atoms with van der Waals surface area (Å²) in [6.45, 7) is 0.588. The summed E-state index contributed by atoms with van der Waals surface area (Å²) in [6, 6.07) is -1.07. The molecule has 1 fully saturated rings. The summed E-state index contributed by atoms with van der Waals surface area (Å²) in [5.41, 5.74) is 7.46. The number of carbonyl (C=O) groups is 1. The number of ether oxygens (including phenoxy) is 3. The SMILES string of the molecule is COC(=O)C(OCC1OC(n2cc(C)c(=O)[nH]c2=O)CC1N=[N+]=[N-])P(=O)(O)OP(=O)(O)OP(=O)(O)O. The third-order valence-electron chi connectivity index (χ3n) is 4.41. The second-order valence-electron chi connectivity index (χ2n) is 7.01. The highest BCUT2D eigenvalue weighted by molar-refractivity contribution is 7.68. The van der Waals surface area contributed by atoms with E-state index >= 15 is 0 Å². The van der Waals surface area contributed by atoms with E-state index in [4.69, 9.17) is 24.8 Å². The average molecular weight is 579 g/mol. The van der Waals surface area contributed by atoms with Crippen LogP contribution in [0.1, 0.15) is 18.2 Å². The Labute approximate surface area is 199 Å². The maximum Gasteiger partial charge on any atom is 0.488 e. The highest BCUT2D eigenvalue weighted by Crippen LogP contribution is 2.67. The first-order valence-corrected chi connectivity index (χ1v) is 14.0. The van der Waals surface area contributed by atoms with Gasteiger partial charge in [-0.2, -0.15) is 4.31 Å². The van der Waals surface area contributed by atoms with Gasteiger partial charge in [0.15, 0.2) is 0 Å². The zero-order valence-electron chi connectivity index (χ0n) is 18.2. The average Bonchev–Trinajstić information content (AvgIpc) is 3.10. The van der Waals surface area contributed by atoms with Crippen LogP contribution in [0.4, 0.5) is 0 Å². The molecule has 0 radical (unpaired) electrons. The molecule has 0 spiro atoms. The lowest BCUT2D eigenvalue weighted by Crippen LogP contribution is -2.34. The van der Waals surface area contributed by atoms with Crippen molar-refractivity contribution >= 4 is 29.2 Å². The number of carbonyl (C=O) groups excluding carboxylic acids is 1. The van der Waals surface area contributed by atoms with Crippen LogP contribution in [0.25, 0.3) is 10.4 Å². The lowest BCUT2D eigenvalue weighted by atomic mass is 10.1. The molecule has 1 saturated heterocycles. The van der Waals surface area contributed by atoms with Gasteiger partial charge < -0.3 is 33.8 Å². The topological polar surface area (TPSA) is 299 Å². The predicted octanol–water partition coefficient (Wildman–Crippen LogP) is -0.261. The van der Waals surface area contributed by atoms with Gasteiger partial charge in [-0.25, -0.2) is 23.0 Å². The molecule has 23 heteroatoms. The number of esters is 1. The van der Waals surface area contributed by atoms with Crippen LogP contribution in [-0.2, 0) is 41.3 Å². The summed E-state index contributed by atoms with van der Waals surface area (Å²) in [4.78, 5) is 77.0. The number of nitrogens with one attached hydrogen (secondary N) is 1. The molecular weight excluding hydrogens is 559 g/mol. The van der Waals surface area contributed by atoms with Gasteiger partial charge in [-0.1, -0.05) is 5.11 Å². The number of aromatic nitrogens is 2. The van der Waals surface area contributed by atoms with Crippen LogP contribution in [0, 0.1) is 6.92 Å². The van der Waals surface area contributed by atoms with Gasteiger partial charge in [-0.3, -0.25) is 18.9 Å². The molecule has 202 valence electrons. The van der Waals surface area contributed by atoms with Crippen LogP contribution in [0.3, 0.4) is 0 Å². The fraction of sp³-hybridized carbons (Fsp3) is 0.615. The van der Waals surface area contributed by atoms with Crippen molar-refractivity contribution in [1.82, 2.24) is 9.55 Å². The molecule has 2 heterocycles. The van der Waals surface area contributed by atoms with E-state index in [9.17, 15) is 37.9 Å². The number of aryl methyl sites for hydroxylation is 1. The summed E-state index contributed by atoms with van der Waals surface area (Å²) in [5.74, 6) is -4.27. The van der Waals surface area contributed by atoms with Crippen molar-refractivity contribution in [1.29, 1.82) is 0 Å². The molecule has 36 heavy (non-hydrogen) atoms. The molecule has 1 aromatic heterocycles. The Morgan fingerprint density at radius 3 is 2.50 bits per heavy atom. The van der Waals surface area contributed by atoms with E-state index in [1.807, 2.05) is 4.98 Å². The van der Waals surface area contributed by atoms with Crippen LogP contribution >= 0.6 is 23.2 Å². The smallest absolute Gasteiger partial charge is 0.467 e. The largest absolute Gasteiger partial charge is 0.488 e. The number of hydrogen-bond donors (Lipinski definition) is 5. The summed E-state index contributed by atoms with van der Waals surface area (Å²) in [6.07, 6.45) is -1.35. The van der Waals surface area contributed by atoms with Gasteiger partial charge in [0.05, 0.1) is 25.9 Å². The molecule has 0 amide bonds. The molecule has 6 atom stereocenters. The number of nitrogens with zero attached hydrogens (tertiary/aromatic N) is 4. The Hall–Kier alpha value is -2.17. The molecule has 0 aliphatic carbocycles. The number of H-pyrrole nitrogens is 1. The normalized spacial score (nSPS) is 24.2. The molecule has 0 bridgehead atoms. The zero-order valence-corrected chi connectivity index (χ0v) is 20.9. The molecular formula is C13H20N5O15P3. The Kier molecular flexibility index (Phi) is 9.58. The molecule has 1 aromatic rings. The van der Waals surface area contributed by atoms with Gasteiger partial charge >= 0.3 is 34.9 Å². The van der Waals surface area contributed by atoms with Crippen LogP contribution in [0.2, 0.25) is 0 Å². The van der Waals surface area contributed by atoms with Crippen LogP contribution in [0.15, 0.2) is 20.9 Å². The van der Waals surface area contributed by atoms with Crippen molar-refractivity contribution in [3.63, 3.8) is 0 Å². The van der Waals surface area contributed by atoms with Gasteiger partial charge in [-0.15, -0.1) is 0 Å². The van der Waals surface area contributed by atoms with E-state index < -0.39 is 71.3 Å². The fourth-order valence-corrected chi connectivity index (χ4v) is 6.58. The van der Waals surface area contributed by atoms with Crippen molar-refractivity contribution in [3.8, 4) is 0 Å². The first-order valence-electron chi connectivity index (χ1n) is 9.34. The number of azide groups is 1. The number of methoxy groups -OCH3 is 1. The Bertz CT molecular complexity index is 1300. The van der Waals surface area contributed by atoms with Crippen LogP contribution in [0.5, 0.6) is 0 Å². The Morgan fingerprint density at radius 2 is 1.94 bits per heavy atom. The molecule has 2 rings (SSSR count). The predicted molar refractivity (Wildman–Crippen MR) is 113 cm³/mol. The first-order chi connectivity index (χ1) is 16.5. The monoisotopic (exact) mass is 579 g/mol. The van der Waals surface area contributed by atoms with E-state index in [0.717, 1.165) is 11.7 Å². The third-order valence-corrected chi connectivity index (χ3v) is 8.80. The van der Waals surface area contributed by atoms with Gasteiger partial charge in [0.1, 0.15) is 6.23 Å². The third kappa shape index (κ3) is 7.91. The molecule has 0 saturated carbocycles. The minimum absolute atomic E-state index is 0.137. The summed E-state index contributed by atoms with van der Waals surface area (Å²) in [5, 5.41) is 3.47. The highest BCUT2D eigenvalue weighted by Gasteiger charge is 2.49. The maximum atomic E-state index is 12.5. The molecule has 20 nitrogen and oxygen atoms in total. The van der Waals surface area contributed by atoms with E-state index in [1.54, 1.807) is 0 Å². The second kappa shape index (κ2) is 11.5. The molecule has 5 N–H and O–H groups in total. The van der Waals surface area contributed by atoms with E-state index in [1.165, 1.54) is 13.1 Å². The number of phosphoric acid groups is 2. The van der Waals surface area contributed by atoms with Gasteiger partial charge in [0.25, 0.3) is 11.4 Å². The highest BCUT2D eigenvalue weighted by atomic mass is 31.3. The minimum atomic E-state index is -5.90. The number of rotatable bonds is 11. The Balaban J connectivity index is 2.26. The van der Waals surface area contributed by atoms with Gasteiger partial charge in [-0.05, 0) is 12.5 Å². The summed E-state index contributed by atoms with van der Waals surface area (Å²) >= 11 is 0. The molecule has 0 aromatic carbocycles. The van der Waals surface area contributed by atoms with Crippen molar-refractivity contribution in [2.45, 2.75) is 37.6 Å². The number of aromatic amines is 1. The first kappa shape index (κ1) is 30.1. The summed E-state index contributed by atoms with van der Waals surface area (Å²) < 4.78 is 58.1. The lowest BCUT2D eigenvalue weighted by molar-refractivity contribution is -0.151. The standard InChI is InChI=1S/C13H20N5O15P3/c1-6-4-18(13(21)15-10(6)19)9-3-7(16-17-14)8(31-9)5-30-12(11(20)29-2)34(22,23)32-36(27,28)33-35(24,25)26/h4,7-9,12H,3,5H2,1-2H3,(H,22,23)(H,27,28)(H,15,19,21)(H2,24,25,26). The lowest BCUT2D eigenvalue weighted by Gasteiger charge is -2.24. The van der Waals surface area contributed by atoms with Crippen molar-refractivity contribution < 1.29 is 60.9 Å². The van der Waals surface area contributed by atoms with E-state index in [2.05, 4.69) is 23.4 Å². The fourth-order valence-electron chi connectivity index (χ4n) is 2.95. The molecule has 1 aliphatic rings. The van der Waals surface area contributed by atoms with E-state index in [0.29, 0.717) is 0 Å². The van der Waals surface area contributed by atoms with E-state index in [-0.39, 0.29) is 12.0 Å². The van der Waals surface area contributed by atoms with Crippen LogP contribution in [-0.4, -0.2) is 66.8 Å². The Morgan fingerprint density at radius 1 is 1.31 bits per heavy atom. The number of hydrogen-bond acceptors (Lipinski definition) is 12. The minimum Gasteiger partial charge on any atom is -0.467 e. The maximum absolute atomic E-state index is 12.5. The van der Waals surface area contributed by atoms with Crippen molar-refractivity contribution in [2.75, 3.05) is 13.7 Å². The molecule has 6 unspecified atom stereocenters. The van der Waals surface area contributed by atoms with Crippen molar-refractivity contribution in [2.24, 2.45) is 5.11 Å². The van der Waals surface area contributed by atoms with Crippen LogP contribution < -0.4 is 11.2 Å². The summed E-state index contributed by atoms with van der Waals surface area (Å²) in [7, 11) is -16.5. The molecule has 1 aliphatic heterocycles. The van der Waals surface area contributed by atoms with Crippen molar-refractivity contribution in [3.05, 3.63) is 43.0 Å².